The largest absolute Gasteiger partial charge is 0.385 e. The summed E-state index contributed by atoms with van der Waals surface area (Å²) in [6, 6.07) is 13.0. The number of nitrogens with one attached hydrogen (secondary N) is 1. The minimum absolute atomic E-state index is 1.01. The van der Waals surface area contributed by atoms with Crippen LogP contribution < -0.4 is 5.32 Å². The summed E-state index contributed by atoms with van der Waals surface area (Å²) >= 11 is 0. The summed E-state index contributed by atoms with van der Waals surface area (Å²) in [5.41, 5.74) is 4.86. The molecule has 24 heavy (non-hydrogen) atoms. The molecule has 1 N–H and O–H groups in total. The monoisotopic (exact) mass is 321 g/mol. The smallest absolute Gasteiger partial charge is 0.0343 e. The first-order chi connectivity index (χ1) is 11.6. The van der Waals surface area contributed by atoms with Gasteiger partial charge in [0.25, 0.3) is 0 Å². The third-order valence-corrected chi connectivity index (χ3v) is 4.54. The van der Waals surface area contributed by atoms with Gasteiger partial charge in [-0.25, -0.2) is 0 Å². The van der Waals surface area contributed by atoms with Crippen LogP contribution in [0.25, 0.3) is 16.5 Å². The lowest BCUT2D eigenvalue weighted by atomic mass is 10.00. The van der Waals surface area contributed by atoms with Crippen LogP contribution in [0.1, 0.15) is 56.6 Å². The number of benzene rings is 2. The van der Waals surface area contributed by atoms with Crippen LogP contribution >= 0.6 is 0 Å². The first kappa shape index (κ1) is 18.3. The maximum absolute atomic E-state index is 4.24. The number of fused-ring (bicyclic) bond motifs is 1. The highest BCUT2D eigenvalue weighted by molar-refractivity contribution is 5.87. The Bertz CT molecular complexity index is 696. The van der Waals surface area contributed by atoms with Crippen molar-refractivity contribution in [3.63, 3.8) is 0 Å². The molecule has 0 saturated carbocycles. The Kier molecular flexibility index (Phi) is 7.11. The lowest BCUT2D eigenvalue weighted by Crippen LogP contribution is -2.13. The lowest BCUT2D eigenvalue weighted by molar-refractivity contribution is 0.605. The van der Waals surface area contributed by atoms with E-state index in [1.165, 1.54) is 66.0 Å². The summed E-state index contributed by atoms with van der Waals surface area (Å²) in [6.07, 6.45) is 7.59. The molecule has 0 amide bonds. The van der Waals surface area contributed by atoms with Crippen LogP contribution in [0.5, 0.6) is 0 Å². The summed E-state index contributed by atoms with van der Waals surface area (Å²) < 4.78 is 0. The first-order valence-corrected chi connectivity index (χ1v) is 9.15. The Morgan fingerprint density at radius 3 is 2.25 bits per heavy atom. The van der Waals surface area contributed by atoms with E-state index in [9.17, 15) is 0 Å². The average Bonchev–Trinajstić information content (AvgIpc) is 2.56. The van der Waals surface area contributed by atoms with Gasteiger partial charge < -0.3 is 5.32 Å². The van der Waals surface area contributed by atoms with E-state index >= 15 is 0 Å². The van der Waals surface area contributed by atoms with E-state index in [0.29, 0.717) is 0 Å². The van der Waals surface area contributed by atoms with Crippen LogP contribution in [0.15, 0.2) is 55.1 Å². The molecule has 1 heteroatoms. The zero-order valence-electron chi connectivity index (χ0n) is 15.3. The minimum atomic E-state index is 1.01. The Morgan fingerprint density at radius 1 is 0.917 bits per heavy atom. The summed E-state index contributed by atoms with van der Waals surface area (Å²) in [5.74, 6) is 0. The second kappa shape index (κ2) is 9.32. The van der Waals surface area contributed by atoms with Crippen LogP contribution in [-0.2, 0) is 0 Å². The Morgan fingerprint density at radius 2 is 1.54 bits per heavy atom. The number of hydrogen-bond donors (Lipinski definition) is 1. The van der Waals surface area contributed by atoms with Crippen LogP contribution in [0.3, 0.4) is 0 Å². The molecule has 0 aliphatic carbocycles. The highest BCUT2D eigenvalue weighted by Crippen LogP contribution is 2.23. The molecule has 0 atom stereocenters. The van der Waals surface area contributed by atoms with Crippen molar-refractivity contribution < 1.29 is 0 Å². The van der Waals surface area contributed by atoms with Crippen LogP contribution in [0.4, 0.5) is 0 Å². The standard InChI is InChI=1S/C23H31N/c1-18(2)12-8-6-5-7-11-15-24-20(4)23-17-22-14-10-9-13-21(22)16-19(23)3/h9-10,13-14,16-17,24H,1,4-8,11-12,15H2,2-3H3. The molecule has 0 spiro atoms. The molecule has 0 bridgehead atoms. The molecule has 2 aromatic carbocycles. The normalized spacial score (nSPS) is 10.8. The number of hydrogen-bond acceptors (Lipinski definition) is 1. The fourth-order valence-electron chi connectivity index (χ4n) is 3.10. The molecule has 128 valence electrons. The van der Waals surface area contributed by atoms with Gasteiger partial charge in [-0.05, 0) is 55.5 Å². The fraction of sp³-hybridized carbons (Fsp3) is 0.391. The highest BCUT2D eigenvalue weighted by Gasteiger charge is 2.04. The zero-order chi connectivity index (χ0) is 17.4. The van der Waals surface area contributed by atoms with Gasteiger partial charge in [0.2, 0.25) is 0 Å². The van der Waals surface area contributed by atoms with E-state index < -0.39 is 0 Å². The maximum atomic E-state index is 4.24. The molecule has 0 aliphatic heterocycles. The van der Waals surface area contributed by atoms with Crippen molar-refractivity contribution in [1.82, 2.24) is 5.32 Å². The van der Waals surface area contributed by atoms with Gasteiger partial charge in [0.05, 0.1) is 0 Å². The third-order valence-electron chi connectivity index (χ3n) is 4.54. The second-order valence-corrected chi connectivity index (χ2v) is 6.89. The topological polar surface area (TPSA) is 12.0 Å². The van der Waals surface area contributed by atoms with E-state index in [-0.39, 0.29) is 0 Å². The maximum Gasteiger partial charge on any atom is 0.0343 e. The number of unbranched alkanes of at least 4 members (excludes halogenated alkanes) is 4. The van der Waals surface area contributed by atoms with Crippen molar-refractivity contribution in [3.05, 3.63) is 66.3 Å². The van der Waals surface area contributed by atoms with Gasteiger partial charge in [0, 0.05) is 17.8 Å². The molecular weight excluding hydrogens is 290 g/mol. The van der Waals surface area contributed by atoms with Crippen molar-refractivity contribution in [3.8, 4) is 0 Å². The SMILES string of the molecule is C=C(C)CCCCCCCNC(=C)c1cc2ccccc2cc1C. The molecule has 0 aromatic heterocycles. The number of rotatable bonds is 10. The van der Waals surface area contributed by atoms with Gasteiger partial charge >= 0.3 is 0 Å². The molecule has 0 aliphatic rings. The zero-order valence-corrected chi connectivity index (χ0v) is 15.3. The highest BCUT2D eigenvalue weighted by atomic mass is 14.9. The Labute approximate surface area is 147 Å². The van der Waals surface area contributed by atoms with Gasteiger partial charge in [-0.2, -0.15) is 0 Å². The van der Waals surface area contributed by atoms with E-state index in [4.69, 9.17) is 0 Å². The molecule has 0 unspecified atom stereocenters. The van der Waals surface area contributed by atoms with Crippen molar-refractivity contribution in [1.29, 1.82) is 0 Å². The minimum Gasteiger partial charge on any atom is -0.385 e. The number of aryl methyl sites for hydroxylation is 1. The van der Waals surface area contributed by atoms with Crippen LogP contribution in [0, 0.1) is 6.92 Å². The van der Waals surface area contributed by atoms with Crippen LogP contribution in [0.2, 0.25) is 0 Å². The summed E-state index contributed by atoms with van der Waals surface area (Å²) in [4.78, 5) is 0. The molecule has 0 heterocycles. The second-order valence-electron chi connectivity index (χ2n) is 6.89. The van der Waals surface area contributed by atoms with Crippen LogP contribution in [-0.4, -0.2) is 6.54 Å². The summed E-state index contributed by atoms with van der Waals surface area (Å²) in [7, 11) is 0. The van der Waals surface area contributed by atoms with E-state index in [2.05, 4.69) is 68.7 Å². The number of allylic oxidation sites excluding steroid dienone is 1. The van der Waals surface area contributed by atoms with E-state index in [1.54, 1.807) is 0 Å². The van der Waals surface area contributed by atoms with Gasteiger partial charge in [0.1, 0.15) is 0 Å². The quantitative estimate of drug-likeness (QED) is 0.383. The van der Waals surface area contributed by atoms with Gasteiger partial charge in [-0.3, -0.25) is 0 Å². The first-order valence-electron chi connectivity index (χ1n) is 9.15. The van der Waals surface area contributed by atoms with Crippen molar-refractivity contribution in [2.45, 2.75) is 52.4 Å². The summed E-state index contributed by atoms with van der Waals surface area (Å²) in [6.45, 7) is 13.5. The molecule has 0 radical (unpaired) electrons. The van der Waals surface area contributed by atoms with Gasteiger partial charge in [0.15, 0.2) is 0 Å². The Balaban J connectivity index is 1.75. The summed E-state index contributed by atoms with van der Waals surface area (Å²) in [5, 5.41) is 6.07. The van der Waals surface area contributed by atoms with E-state index in [0.717, 1.165) is 12.2 Å². The van der Waals surface area contributed by atoms with Crippen molar-refractivity contribution >= 4 is 16.5 Å². The molecule has 1 nitrogen and oxygen atoms in total. The Hall–Kier alpha value is -2.02. The molecule has 0 fully saturated rings. The molecule has 0 saturated heterocycles. The van der Waals surface area contributed by atoms with Gasteiger partial charge in [-0.1, -0.05) is 61.7 Å². The predicted molar refractivity (Wildman–Crippen MR) is 108 cm³/mol. The van der Waals surface area contributed by atoms with E-state index in [1.807, 2.05) is 0 Å². The predicted octanol–water partition coefficient (Wildman–Crippen LogP) is 6.63. The van der Waals surface area contributed by atoms with Crippen molar-refractivity contribution in [2.24, 2.45) is 0 Å². The van der Waals surface area contributed by atoms with Crippen molar-refractivity contribution in [2.75, 3.05) is 6.54 Å². The molecule has 2 rings (SSSR count). The third kappa shape index (κ3) is 5.56. The van der Waals surface area contributed by atoms with Gasteiger partial charge in [-0.15, -0.1) is 6.58 Å². The average molecular weight is 322 g/mol. The fourth-order valence-corrected chi connectivity index (χ4v) is 3.10. The molecule has 2 aromatic rings. The lowest BCUT2D eigenvalue weighted by Gasteiger charge is -2.13. The molecular formula is C23H31N.